The zero-order valence-corrected chi connectivity index (χ0v) is 12.8. The summed E-state index contributed by atoms with van der Waals surface area (Å²) < 4.78 is 0. The van der Waals surface area contributed by atoms with Gasteiger partial charge in [-0.05, 0) is 44.2 Å². The van der Waals surface area contributed by atoms with E-state index in [9.17, 15) is 9.59 Å². The Balaban J connectivity index is 1.95. The molecule has 1 saturated carbocycles. The number of aryl methyl sites for hydroxylation is 2. The average Bonchev–Trinajstić information content (AvgIpc) is 2.98. The van der Waals surface area contributed by atoms with Crippen LogP contribution in [0, 0.1) is 12.8 Å². The molecule has 2 rings (SSSR count). The molecule has 0 unspecified atom stereocenters. The van der Waals surface area contributed by atoms with Crippen molar-refractivity contribution in [1.29, 1.82) is 0 Å². The summed E-state index contributed by atoms with van der Waals surface area (Å²) in [5, 5.41) is 11.9. The standard InChI is InChI=1S/C15H21NO3S/c1-3-4-10-8-13(20-9(10)2)14(17)16-12-6-5-11(7-12)15(18)19/h8,11-12H,3-7H2,1-2H3,(H,16,17)(H,18,19)/t11-,12+/m0/s1. The molecule has 1 fully saturated rings. The first-order chi connectivity index (χ1) is 9.51. The topological polar surface area (TPSA) is 66.4 Å². The molecule has 110 valence electrons. The van der Waals surface area contributed by atoms with Crippen LogP contribution in [0.25, 0.3) is 0 Å². The van der Waals surface area contributed by atoms with E-state index in [1.54, 1.807) is 0 Å². The average molecular weight is 295 g/mol. The van der Waals surface area contributed by atoms with Crippen molar-refractivity contribution < 1.29 is 14.7 Å². The molecule has 0 aliphatic heterocycles. The zero-order chi connectivity index (χ0) is 14.7. The minimum Gasteiger partial charge on any atom is -0.481 e. The maximum absolute atomic E-state index is 12.2. The van der Waals surface area contributed by atoms with Gasteiger partial charge in [0.05, 0.1) is 10.8 Å². The monoisotopic (exact) mass is 295 g/mol. The van der Waals surface area contributed by atoms with E-state index in [-0.39, 0.29) is 17.9 Å². The van der Waals surface area contributed by atoms with Crippen LogP contribution in [0.4, 0.5) is 0 Å². The number of nitrogens with one attached hydrogen (secondary N) is 1. The van der Waals surface area contributed by atoms with E-state index in [0.29, 0.717) is 12.8 Å². The lowest BCUT2D eigenvalue weighted by atomic mass is 10.1. The molecule has 5 heteroatoms. The fraction of sp³-hybridized carbons (Fsp3) is 0.600. The van der Waals surface area contributed by atoms with E-state index < -0.39 is 5.97 Å². The molecular formula is C15H21NO3S. The second kappa shape index (κ2) is 6.39. The minimum absolute atomic E-state index is 0.000585. The van der Waals surface area contributed by atoms with Crippen LogP contribution in [0.2, 0.25) is 0 Å². The second-order valence-electron chi connectivity index (χ2n) is 5.46. The molecule has 0 bridgehead atoms. The summed E-state index contributed by atoms with van der Waals surface area (Å²) in [5.74, 6) is -1.11. The van der Waals surface area contributed by atoms with Gasteiger partial charge in [0.1, 0.15) is 0 Å². The van der Waals surface area contributed by atoms with Crippen molar-refractivity contribution in [3.05, 3.63) is 21.4 Å². The quantitative estimate of drug-likeness (QED) is 0.877. The lowest BCUT2D eigenvalue weighted by Gasteiger charge is -2.11. The summed E-state index contributed by atoms with van der Waals surface area (Å²) in [4.78, 5) is 25.1. The van der Waals surface area contributed by atoms with Crippen molar-refractivity contribution in [2.45, 2.75) is 52.0 Å². The number of aliphatic carboxylic acids is 1. The van der Waals surface area contributed by atoms with Gasteiger partial charge in [0, 0.05) is 10.9 Å². The van der Waals surface area contributed by atoms with Crippen LogP contribution >= 0.6 is 11.3 Å². The summed E-state index contributed by atoms with van der Waals surface area (Å²) in [6.07, 6.45) is 4.04. The van der Waals surface area contributed by atoms with Gasteiger partial charge in [-0.25, -0.2) is 0 Å². The van der Waals surface area contributed by atoms with E-state index >= 15 is 0 Å². The summed E-state index contributed by atoms with van der Waals surface area (Å²) in [6.45, 7) is 4.17. The Morgan fingerprint density at radius 3 is 2.80 bits per heavy atom. The molecule has 2 N–H and O–H groups in total. The highest BCUT2D eigenvalue weighted by molar-refractivity contribution is 7.14. The van der Waals surface area contributed by atoms with Gasteiger partial charge in [-0.2, -0.15) is 0 Å². The lowest BCUT2D eigenvalue weighted by molar-refractivity contribution is -0.141. The molecule has 0 spiro atoms. The molecular weight excluding hydrogens is 274 g/mol. The first-order valence-electron chi connectivity index (χ1n) is 7.14. The van der Waals surface area contributed by atoms with Crippen molar-refractivity contribution in [2.24, 2.45) is 5.92 Å². The molecule has 1 heterocycles. The summed E-state index contributed by atoms with van der Waals surface area (Å²) >= 11 is 1.52. The number of carbonyl (C=O) groups excluding carboxylic acids is 1. The highest BCUT2D eigenvalue weighted by Gasteiger charge is 2.30. The van der Waals surface area contributed by atoms with Crippen LogP contribution in [0.1, 0.15) is 52.7 Å². The predicted molar refractivity (Wildman–Crippen MR) is 79.3 cm³/mol. The van der Waals surface area contributed by atoms with Gasteiger partial charge in [0.2, 0.25) is 0 Å². The fourth-order valence-corrected chi connectivity index (χ4v) is 3.72. The van der Waals surface area contributed by atoms with Gasteiger partial charge in [0.25, 0.3) is 5.91 Å². The number of hydrogen-bond acceptors (Lipinski definition) is 3. The van der Waals surface area contributed by atoms with Crippen molar-refractivity contribution in [1.82, 2.24) is 5.32 Å². The molecule has 1 amide bonds. The van der Waals surface area contributed by atoms with Crippen molar-refractivity contribution in [3.63, 3.8) is 0 Å². The largest absolute Gasteiger partial charge is 0.481 e. The highest BCUT2D eigenvalue weighted by Crippen LogP contribution is 2.27. The van der Waals surface area contributed by atoms with Crippen molar-refractivity contribution >= 4 is 23.2 Å². The smallest absolute Gasteiger partial charge is 0.306 e. The number of carboxylic acid groups (broad SMARTS) is 1. The third kappa shape index (κ3) is 3.39. The molecule has 0 saturated heterocycles. The van der Waals surface area contributed by atoms with Crippen molar-refractivity contribution in [3.8, 4) is 0 Å². The fourth-order valence-electron chi connectivity index (χ4n) is 2.74. The molecule has 2 atom stereocenters. The summed E-state index contributed by atoms with van der Waals surface area (Å²) in [5.41, 5.74) is 1.25. The lowest BCUT2D eigenvalue weighted by Crippen LogP contribution is -2.32. The third-order valence-corrected chi connectivity index (χ3v) is 4.97. The normalized spacial score (nSPS) is 21.9. The number of carbonyl (C=O) groups is 2. The number of thiophene rings is 1. The number of amides is 1. The SMILES string of the molecule is CCCc1cc(C(=O)N[C@@H]2CC[C@H](C(=O)O)C2)sc1C. The van der Waals surface area contributed by atoms with E-state index in [4.69, 9.17) is 5.11 Å². The van der Waals surface area contributed by atoms with Crippen molar-refractivity contribution in [2.75, 3.05) is 0 Å². The van der Waals surface area contributed by atoms with Crippen LogP contribution in [0.3, 0.4) is 0 Å². The van der Waals surface area contributed by atoms with E-state index in [0.717, 1.165) is 24.1 Å². The van der Waals surface area contributed by atoms with Crippen LogP contribution in [-0.4, -0.2) is 23.0 Å². The first-order valence-corrected chi connectivity index (χ1v) is 7.95. The van der Waals surface area contributed by atoms with E-state index in [2.05, 4.69) is 12.2 Å². The molecule has 1 aliphatic rings. The molecule has 1 aromatic rings. The second-order valence-corrected chi connectivity index (χ2v) is 6.72. The maximum Gasteiger partial charge on any atom is 0.306 e. The Hall–Kier alpha value is -1.36. The molecule has 4 nitrogen and oxygen atoms in total. The van der Waals surface area contributed by atoms with Gasteiger partial charge in [-0.1, -0.05) is 13.3 Å². The molecule has 0 aromatic carbocycles. The Morgan fingerprint density at radius 1 is 1.45 bits per heavy atom. The summed E-state index contributed by atoms with van der Waals surface area (Å²) in [6, 6.07) is 1.98. The van der Waals surface area contributed by atoms with Crippen LogP contribution in [0.15, 0.2) is 6.07 Å². The molecule has 20 heavy (non-hydrogen) atoms. The molecule has 1 aromatic heterocycles. The van der Waals surface area contributed by atoms with Gasteiger partial charge in [-0.3, -0.25) is 9.59 Å². The molecule has 1 aliphatic carbocycles. The number of rotatable bonds is 5. The van der Waals surface area contributed by atoms with Gasteiger partial charge in [-0.15, -0.1) is 11.3 Å². The Bertz CT molecular complexity index is 509. The van der Waals surface area contributed by atoms with Gasteiger partial charge >= 0.3 is 5.97 Å². The third-order valence-electron chi connectivity index (χ3n) is 3.88. The number of hydrogen-bond donors (Lipinski definition) is 2. The van der Waals surface area contributed by atoms with Crippen LogP contribution in [0.5, 0.6) is 0 Å². The van der Waals surface area contributed by atoms with E-state index in [1.807, 2.05) is 13.0 Å². The first kappa shape index (κ1) is 15.0. The zero-order valence-electron chi connectivity index (χ0n) is 11.9. The predicted octanol–water partition coefficient (Wildman–Crippen LogP) is 2.99. The van der Waals surface area contributed by atoms with Crippen LogP contribution in [-0.2, 0) is 11.2 Å². The Morgan fingerprint density at radius 2 is 2.20 bits per heavy atom. The van der Waals surface area contributed by atoms with E-state index in [1.165, 1.54) is 21.8 Å². The van der Waals surface area contributed by atoms with Crippen LogP contribution < -0.4 is 5.32 Å². The highest BCUT2D eigenvalue weighted by atomic mass is 32.1. The minimum atomic E-state index is -0.751. The Kier molecular flexibility index (Phi) is 4.81. The maximum atomic E-state index is 12.2. The van der Waals surface area contributed by atoms with Gasteiger partial charge < -0.3 is 10.4 Å². The molecule has 0 radical (unpaired) electrons. The summed E-state index contributed by atoms with van der Waals surface area (Å²) in [7, 11) is 0. The van der Waals surface area contributed by atoms with Gasteiger partial charge in [0.15, 0.2) is 0 Å². The number of carboxylic acids is 1. The Labute approximate surface area is 123 Å².